The van der Waals surface area contributed by atoms with E-state index in [-0.39, 0.29) is 5.91 Å². The van der Waals surface area contributed by atoms with Crippen LogP contribution in [0.5, 0.6) is 0 Å². The lowest BCUT2D eigenvalue weighted by molar-refractivity contribution is -0.121. The fourth-order valence-electron chi connectivity index (χ4n) is 2.65. The number of aromatic nitrogens is 2. The van der Waals surface area contributed by atoms with Crippen LogP contribution in [0.25, 0.3) is 10.9 Å². The second-order valence-corrected chi connectivity index (χ2v) is 6.34. The van der Waals surface area contributed by atoms with Crippen molar-refractivity contribution < 1.29 is 4.79 Å². The van der Waals surface area contributed by atoms with E-state index in [0.29, 0.717) is 19.5 Å². The first kappa shape index (κ1) is 16.5. The number of benzene rings is 2. The Bertz CT molecular complexity index is 839. The van der Waals surface area contributed by atoms with Crippen molar-refractivity contribution in [3.63, 3.8) is 0 Å². The van der Waals surface area contributed by atoms with Crippen LogP contribution in [0.3, 0.4) is 0 Å². The molecule has 1 heterocycles. The van der Waals surface area contributed by atoms with Gasteiger partial charge in [0, 0.05) is 23.4 Å². The minimum absolute atomic E-state index is 0.0419. The van der Waals surface area contributed by atoms with E-state index in [1.54, 1.807) is 0 Å². The largest absolute Gasteiger partial charge is 0.356 e. The molecule has 24 heavy (non-hydrogen) atoms. The normalized spacial score (nSPS) is 10.9. The number of nitrogens with zero attached hydrogens (tertiary/aromatic N) is 2. The number of aryl methyl sites for hydroxylation is 2. The van der Waals surface area contributed by atoms with Gasteiger partial charge in [-0.1, -0.05) is 35.9 Å². The molecule has 124 valence electrons. The van der Waals surface area contributed by atoms with Crippen molar-refractivity contribution >= 4 is 28.4 Å². The highest BCUT2D eigenvalue weighted by Gasteiger charge is 2.06. The third-order valence-electron chi connectivity index (χ3n) is 4.00. The van der Waals surface area contributed by atoms with Crippen LogP contribution in [0.15, 0.2) is 48.7 Å². The van der Waals surface area contributed by atoms with Gasteiger partial charge in [0.15, 0.2) is 0 Å². The molecule has 1 amide bonds. The average molecular weight is 342 g/mol. The standard InChI is InChI=1S/C19H20ClN3O/c1-14-2-5-16-13-22-23(18(16)12-14)11-9-19(24)21-10-8-15-3-6-17(20)7-4-15/h2-7,12-13H,8-11H2,1H3,(H,21,24). The molecule has 1 aromatic heterocycles. The van der Waals surface area contributed by atoms with Gasteiger partial charge in [-0.25, -0.2) is 0 Å². The van der Waals surface area contributed by atoms with Crippen molar-refractivity contribution in [2.45, 2.75) is 26.3 Å². The zero-order chi connectivity index (χ0) is 16.9. The maximum Gasteiger partial charge on any atom is 0.221 e. The summed E-state index contributed by atoms with van der Waals surface area (Å²) in [5.41, 5.74) is 3.42. The van der Waals surface area contributed by atoms with Gasteiger partial charge in [-0.05, 0) is 42.7 Å². The smallest absolute Gasteiger partial charge is 0.221 e. The minimum atomic E-state index is 0.0419. The predicted molar refractivity (Wildman–Crippen MR) is 97.3 cm³/mol. The number of carbonyl (C=O) groups excluding carboxylic acids is 1. The number of fused-ring (bicyclic) bond motifs is 1. The van der Waals surface area contributed by atoms with E-state index >= 15 is 0 Å². The van der Waals surface area contributed by atoms with E-state index in [9.17, 15) is 4.79 Å². The Morgan fingerprint density at radius 1 is 1.21 bits per heavy atom. The third-order valence-corrected chi connectivity index (χ3v) is 4.25. The summed E-state index contributed by atoms with van der Waals surface area (Å²) >= 11 is 5.86. The van der Waals surface area contributed by atoms with E-state index in [2.05, 4.69) is 35.5 Å². The van der Waals surface area contributed by atoms with E-state index < -0.39 is 0 Å². The first-order chi connectivity index (χ1) is 11.6. The Morgan fingerprint density at radius 3 is 2.79 bits per heavy atom. The summed E-state index contributed by atoms with van der Waals surface area (Å²) < 4.78 is 1.89. The number of carbonyl (C=O) groups is 1. The highest BCUT2D eigenvalue weighted by atomic mass is 35.5. The second-order valence-electron chi connectivity index (χ2n) is 5.91. The topological polar surface area (TPSA) is 46.9 Å². The molecule has 0 fully saturated rings. The molecule has 1 N–H and O–H groups in total. The first-order valence-electron chi connectivity index (χ1n) is 8.05. The molecule has 5 heteroatoms. The fourth-order valence-corrected chi connectivity index (χ4v) is 2.78. The summed E-state index contributed by atoms with van der Waals surface area (Å²) in [6.07, 6.45) is 3.06. The maximum atomic E-state index is 12.0. The highest BCUT2D eigenvalue weighted by Crippen LogP contribution is 2.15. The molecule has 2 aromatic carbocycles. The molecule has 0 saturated heterocycles. The lowest BCUT2D eigenvalue weighted by atomic mass is 10.1. The van der Waals surface area contributed by atoms with Gasteiger partial charge < -0.3 is 5.32 Å². The highest BCUT2D eigenvalue weighted by molar-refractivity contribution is 6.30. The Labute approximate surface area is 146 Å². The molecule has 0 aliphatic carbocycles. The molecule has 0 radical (unpaired) electrons. The molecule has 4 nitrogen and oxygen atoms in total. The van der Waals surface area contributed by atoms with E-state index in [0.717, 1.165) is 27.9 Å². The summed E-state index contributed by atoms with van der Waals surface area (Å²) in [7, 11) is 0. The molecule has 0 aliphatic heterocycles. The third kappa shape index (κ3) is 4.15. The minimum Gasteiger partial charge on any atom is -0.356 e. The molecular weight excluding hydrogens is 322 g/mol. The number of hydrogen-bond donors (Lipinski definition) is 1. The summed E-state index contributed by atoms with van der Waals surface area (Å²) in [5.74, 6) is 0.0419. The number of rotatable bonds is 6. The summed E-state index contributed by atoms with van der Waals surface area (Å²) in [6.45, 7) is 3.26. The fraction of sp³-hybridized carbons (Fsp3) is 0.263. The quantitative estimate of drug-likeness (QED) is 0.742. The number of halogens is 1. The Balaban J connectivity index is 1.48. The molecule has 0 atom stereocenters. The molecule has 3 aromatic rings. The molecule has 0 bridgehead atoms. The van der Waals surface area contributed by atoms with Gasteiger partial charge in [0.2, 0.25) is 5.91 Å². The van der Waals surface area contributed by atoms with Crippen LogP contribution < -0.4 is 5.32 Å². The van der Waals surface area contributed by atoms with Gasteiger partial charge in [-0.2, -0.15) is 5.10 Å². The van der Waals surface area contributed by atoms with Gasteiger partial charge in [0.1, 0.15) is 0 Å². The van der Waals surface area contributed by atoms with Crippen molar-refractivity contribution in [2.75, 3.05) is 6.54 Å². The first-order valence-corrected chi connectivity index (χ1v) is 8.43. The molecule has 0 saturated carbocycles. The van der Waals surface area contributed by atoms with Gasteiger partial charge in [-0.15, -0.1) is 0 Å². The average Bonchev–Trinajstić information content (AvgIpc) is 2.97. The number of nitrogens with one attached hydrogen (secondary N) is 1. The van der Waals surface area contributed by atoms with Crippen LogP contribution in [-0.2, 0) is 17.8 Å². The van der Waals surface area contributed by atoms with Crippen LogP contribution in [0.2, 0.25) is 5.02 Å². The molecule has 3 rings (SSSR count). The summed E-state index contributed by atoms with van der Waals surface area (Å²) in [5, 5.41) is 9.15. The van der Waals surface area contributed by atoms with Crippen molar-refractivity contribution in [1.82, 2.24) is 15.1 Å². The predicted octanol–water partition coefficient (Wildman–Crippen LogP) is 3.75. The van der Waals surface area contributed by atoms with Crippen LogP contribution >= 0.6 is 11.6 Å². The van der Waals surface area contributed by atoms with Gasteiger partial charge in [0.05, 0.1) is 18.3 Å². The van der Waals surface area contributed by atoms with Crippen LogP contribution in [-0.4, -0.2) is 22.2 Å². The lowest BCUT2D eigenvalue weighted by Gasteiger charge is -2.07. The van der Waals surface area contributed by atoms with Crippen molar-refractivity contribution in [2.24, 2.45) is 0 Å². The van der Waals surface area contributed by atoms with E-state index in [1.807, 2.05) is 35.1 Å². The Kier molecular flexibility index (Phi) is 5.16. The maximum absolute atomic E-state index is 12.0. The molecule has 0 unspecified atom stereocenters. The van der Waals surface area contributed by atoms with Crippen LogP contribution in [0.4, 0.5) is 0 Å². The summed E-state index contributed by atoms with van der Waals surface area (Å²) in [4.78, 5) is 12.0. The van der Waals surface area contributed by atoms with Gasteiger partial charge in [0.25, 0.3) is 0 Å². The zero-order valence-electron chi connectivity index (χ0n) is 13.6. The van der Waals surface area contributed by atoms with Gasteiger partial charge >= 0.3 is 0 Å². The number of amides is 1. The Morgan fingerprint density at radius 2 is 2.00 bits per heavy atom. The van der Waals surface area contributed by atoms with Crippen molar-refractivity contribution in [3.8, 4) is 0 Å². The SMILES string of the molecule is Cc1ccc2cnn(CCC(=O)NCCc3ccc(Cl)cc3)c2c1. The molecule has 0 spiro atoms. The van der Waals surface area contributed by atoms with Crippen molar-refractivity contribution in [1.29, 1.82) is 0 Å². The van der Waals surface area contributed by atoms with Crippen LogP contribution in [0, 0.1) is 6.92 Å². The van der Waals surface area contributed by atoms with E-state index in [4.69, 9.17) is 11.6 Å². The molecule has 0 aliphatic rings. The van der Waals surface area contributed by atoms with Crippen molar-refractivity contribution in [3.05, 3.63) is 64.8 Å². The Hall–Kier alpha value is -2.33. The lowest BCUT2D eigenvalue weighted by Crippen LogP contribution is -2.26. The van der Waals surface area contributed by atoms with Crippen LogP contribution in [0.1, 0.15) is 17.5 Å². The van der Waals surface area contributed by atoms with E-state index in [1.165, 1.54) is 5.56 Å². The van der Waals surface area contributed by atoms with Gasteiger partial charge in [-0.3, -0.25) is 9.48 Å². The summed E-state index contributed by atoms with van der Waals surface area (Å²) in [6, 6.07) is 13.9. The molecular formula is C19H20ClN3O. The monoisotopic (exact) mass is 341 g/mol. The zero-order valence-corrected chi connectivity index (χ0v) is 14.4. The number of hydrogen-bond acceptors (Lipinski definition) is 2. The second kappa shape index (κ2) is 7.49.